The molecule has 0 atom stereocenters. The van der Waals surface area contributed by atoms with Crippen molar-refractivity contribution >= 4 is 17.5 Å². The molecule has 2 fully saturated rings. The number of hydrogen-bond donors (Lipinski definition) is 0. The molecule has 0 bridgehead atoms. The van der Waals surface area contributed by atoms with Crippen molar-refractivity contribution in [3.05, 3.63) is 46.2 Å². The Hall–Kier alpha value is -1.81. The summed E-state index contributed by atoms with van der Waals surface area (Å²) in [6.07, 6.45) is 5.56. The molecule has 0 aliphatic heterocycles. The fourth-order valence-electron chi connectivity index (χ4n) is 4.10. The van der Waals surface area contributed by atoms with Crippen molar-refractivity contribution in [2.24, 2.45) is 11.8 Å². The smallest absolute Gasteiger partial charge is 0.227 e. The van der Waals surface area contributed by atoms with Crippen molar-refractivity contribution in [2.75, 3.05) is 7.05 Å². The minimum Gasteiger partial charge on any atom is -0.342 e. The van der Waals surface area contributed by atoms with Gasteiger partial charge in [-0.05, 0) is 75.6 Å². The van der Waals surface area contributed by atoms with Crippen LogP contribution in [0.5, 0.6) is 0 Å². The van der Waals surface area contributed by atoms with Crippen LogP contribution in [0.15, 0.2) is 24.3 Å². The second-order valence-corrected chi connectivity index (χ2v) is 8.32. The van der Waals surface area contributed by atoms with E-state index in [2.05, 4.69) is 5.10 Å². The van der Waals surface area contributed by atoms with E-state index in [9.17, 15) is 4.79 Å². The lowest BCUT2D eigenvalue weighted by molar-refractivity contribution is -0.132. The van der Waals surface area contributed by atoms with Crippen LogP contribution in [0, 0.1) is 25.7 Å². The first-order valence-electron chi connectivity index (χ1n) is 9.52. The fraction of sp³-hybridized carbons (Fsp3) is 0.524. The Kier molecular flexibility index (Phi) is 4.55. The lowest BCUT2D eigenvalue weighted by atomic mass is 10.0. The Bertz CT molecular complexity index is 807. The standard InChI is InChI=1S/C21H26ClN3O/c1-13-19(14(2)25(23-13)18-10-8-17(22)9-11-18)12-20(26)24(3)21(15-4-5-15)16-6-7-16/h8-11,15-16,21H,4-7,12H2,1-3H3. The van der Waals surface area contributed by atoms with Gasteiger partial charge in [-0.25, -0.2) is 4.68 Å². The normalized spacial score (nSPS) is 17.0. The van der Waals surface area contributed by atoms with Gasteiger partial charge in [-0.1, -0.05) is 11.6 Å². The van der Waals surface area contributed by atoms with E-state index in [0.717, 1.165) is 34.5 Å². The Morgan fingerprint density at radius 3 is 2.31 bits per heavy atom. The number of likely N-dealkylation sites (N-methyl/N-ethyl adjacent to an activating group) is 1. The summed E-state index contributed by atoms with van der Waals surface area (Å²) in [6.45, 7) is 4.03. The summed E-state index contributed by atoms with van der Waals surface area (Å²) in [4.78, 5) is 15.0. The molecule has 0 N–H and O–H groups in total. The van der Waals surface area contributed by atoms with Gasteiger partial charge in [0.05, 0.1) is 17.8 Å². The number of carbonyl (C=O) groups is 1. The van der Waals surface area contributed by atoms with Crippen LogP contribution < -0.4 is 0 Å². The molecule has 2 aromatic rings. The molecule has 1 aromatic heterocycles. The highest BCUT2D eigenvalue weighted by molar-refractivity contribution is 6.30. The molecular weight excluding hydrogens is 346 g/mol. The highest BCUT2D eigenvalue weighted by atomic mass is 35.5. The van der Waals surface area contributed by atoms with Crippen LogP contribution in [0.3, 0.4) is 0 Å². The first-order chi connectivity index (χ1) is 12.5. The summed E-state index contributed by atoms with van der Waals surface area (Å²) in [6, 6.07) is 8.09. The maximum atomic E-state index is 13.0. The molecule has 26 heavy (non-hydrogen) atoms. The topological polar surface area (TPSA) is 38.1 Å². The van der Waals surface area contributed by atoms with Gasteiger partial charge in [-0.3, -0.25) is 4.79 Å². The van der Waals surface area contributed by atoms with Crippen LogP contribution in [-0.4, -0.2) is 33.7 Å². The predicted octanol–water partition coefficient (Wildman–Crippen LogP) is 4.33. The number of carbonyl (C=O) groups excluding carboxylic acids is 1. The lowest BCUT2D eigenvalue weighted by Crippen LogP contribution is -2.41. The van der Waals surface area contributed by atoms with Gasteiger partial charge in [0.1, 0.15) is 0 Å². The predicted molar refractivity (Wildman–Crippen MR) is 104 cm³/mol. The first kappa shape index (κ1) is 17.6. The average Bonchev–Trinajstić information content (AvgIpc) is 3.52. The van der Waals surface area contributed by atoms with Crippen LogP contribution >= 0.6 is 11.6 Å². The number of nitrogens with zero attached hydrogens (tertiary/aromatic N) is 3. The minimum atomic E-state index is 0.218. The van der Waals surface area contributed by atoms with Crippen LogP contribution in [0.4, 0.5) is 0 Å². The molecular formula is C21H26ClN3O. The summed E-state index contributed by atoms with van der Waals surface area (Å²) >= 11 is 5.99. The highest BCUT2D eigenvalue weighted by Crippen LogP contribution is 2.47. The molecule has 2 aliphatic carbocycles. The summed E-state index contributed by atoms with van der Waals surface area (Å²) in [7, 11) is 2.00. The minimum absolute atomic E-state index is 0.218. The molecule has 0 saturated heterocycles. The van der Waals surface area contributed by atoms with E-state index >= 15 is 0 Å². The van der Waals surface area contributed by atoms with E-state index in [0.29, 0.717) is 17.5 Å². The Morgan fingerprint density at radius 2 is 1.77 bits per heavy atom. The van der Waals surface area contributed by atoms with E-state index in [-0.39, 0.29) is 5.91 Å². The van der Waals surface area contributed by atoms with Gasteiger partial charge in [0.25, 0.3) is 0 Å². The summed E-state index contributed by atoms with van der Waals surface area (Å²) < 4.78 is 1.91. The molecule has 5 heteroatoms. The molecule has 4 nitrogen and oxygen atoms in total. The van der Waals surface area contributed by atoms with E-state index in [4.69, 9.17) is 11.6 Å². The average molecular weight is 372 g/mol. The molecule has 2 aliphatic rings. The van der Waals surface area contributed by atoms with Crippen LogP contribution in [0.1, 0.15) is 42.6 Å². The Balaban J connectivity index is 1.54. The summed E-state index contributed by atoms with van der Waals surface area (Å²) in [5, 5.41) is 5.37. The van der Waals surface area contributed by atoms with Crippen molar-refractivity contribution in [1.82, 2.24) is 14.7 Å². The van der Waals surface area contributed by atoms with E-state index in [1.807, 2.05) is 54.7 Å². The van der Waals surface area contributed by atoms with Crippen molar-refractivity contribution in [3.63, 3.8) is 0 Å². The molecule has 1 aromatic carbocycles. The van der Waals surface area contributed by atoms with Crippen LogP contribution in [0.25, 0.3) is 5.69 Å². The second kappa shape index (κ2) is 6.73. The second-order valence-electron chi connectivity index (χ2n) is 7.88. The third kappa shape index (κ3) is 3.39. The van der Waals surface area contributed by atoms with Crippen molar-refractivity contribution in [2.45, 2.75) is 52.0 Å². The highest BCUT2D eigenvalue weighted by Gasteiger charge is 2.44. The number of hydrogen-bond acceptors (Lipinski definition) is 2. The SMILES string of the molecule is Cc1nn(-c2ccc(Cl)cc2)c(C)c1CC(=O)N(C)C(C1CC1)C1CC1. The van der Waals surface area contributed by atoms with Gasteiger partial charge in [0.2, 0.25) is 5.91 Å². The van der Waals surface area contributed by atoms with Crippen molar-refractivity contribution in [1.29, 1.82) is 0 Å². The Morgan fingerprint density at radius 1 is 1.19 bits per heavy atom. The summed E-state index contributed by atoms with van der Waals surface area (Å²) in [5.41, 5.74) is 3.97. The molecule has 1 heterocycles. The zero-order valence-corrected chi connectivity index (χ0v) is 16.5. The third-order valence-electron chi connectivity index (χ3n) is 5.89. The monoisotopic (exact) mass is 371 g/mol. The number of rotatable bonds is 6. The zero-order chi connectivity index (χ0) is 18.4. The van der Waals surface area contributed by atoms with E-state index < -0.39 is 0 Å². The van der Waals surface area contributed by atoms with Crippen molar-refractivity contribution < 1.29 is 4.79 Å². The third-order valence-corrected chi connectivity index (χ3v) is 6.14. The maximum absolute atomic E-state index is 13.0. The molecule has 2 saturated carbocycles. The molecule has 4 rings (SSSR count). The van der Waals surface area contributed by atoms with Crippen molar-refractivity contribution in [3.8, 4) is 5.69 Å². The van der Waals surface area contributed by atoms with Gasteiger partial charge in [0, 0.05) is 29.4 Å². The number of amides is 1. The number of halogens is 1. The van der Waals surface area contributed by atoms with Crippen LogP contribution in [-0.2, 0) is 11.2 Å². The maximum Gasteiger partial charge on any atom is 0.227 e. The lowest BCUT2D eigenvalue weighted by Gasteiger charge is -2.28. The number of aromatic nitrogens is 2. The first-order valence-corrected chi connectivity index (χ1v) is 9.90. The van der Waals surface area contributed by atoms with Gasteiger partial charge in [-0.2, -0.15) is 5.10 Å². The molecule has 1 amide bonds. The largest absolute Gasteiger partial charge is 0.342 e. The summed E-state index contributed by atoms with van der Waals surface area (Å²) in [5.74, 6) is 1.68. The molecule has 0 unspecified atom stereocenters. The Labute approximate surface area is 160 Å². The van der Waals surface area contributed by atoms with Gasteiger partial charge in [-0.15, -0.1) is 0 Å². The number of aryl methyl sites for hydroxylation is 1. The van der Waals surface area contributed by atoms with Crippen LogP contribution in [0.2, 0.25) is 5.02 Å². The van der Waals surface area contributed by atoms with Gasteiger partial charge < -0.3 is 4.90 Å². The van der Waals surface area contributed by atoms with E-state index in [1.54, 1.807) is 0 Å². The molecule has 0 spiro atoms. The quantitative estimate of drug-likeness (QED) is 0.757. The zero-order valence-electron chi connectivity index (χ0n) is 15.7. The van der Waals surface area contributed by atoms with Gasteiger partial charge in [0.15, 0.2) is 0 Å². The van der Waals surface area contributed by atoms with Gasteiger partial charge >= 0.3 is 0 Å². The molecule has 0 radical (unpaired) electrons. The molecule has 138 valence electrons. The fourth-order valence-corrected chi connectivity index (χ4v) is 4.23. The van der Waals surface area contributed by atoms with E-state index in [1.165, 1.54) is 25.7 Å². The number of benzene rings is 1.